The molecule has 1 heterocycles. The standard InChI is InChI=1S/C13H13Cl2FN2O2/c1-6(8-4-7(14)5-9(15)12(8)16)17-13(20)10-2-3-11(19)18-10/h4-6,10H,2-3H2,1H3,(H,17,20)(H,18,19)/t6?,10-/m0/s1. The van der Waals surface area contributed by atoms with E-state index in [9.17, 15) is 14.0 Å². The van der Waals surface area contributed by atoms with Crippen LogP contribution in [0, 0.1) is 5.82 Å². The minimum absolute atomic E-state index is 0.0947. The first-order chi connectivity index (χ1) is 9.38. The summed E-state index contributed by atoms with van der Waals surface area (Å²) in [4.78, 5) is 23.0. The third-order valence-corrected chi connectivity index (χ3v) is 3.65. The van der Waals surface area contributed by atoms with Gasteiger partial charge in [0.25, 0.3) is 0 Å². The maximum Gasteiger partial charge on any atom is 0.243 e. The van der Waals surface area contributed by atoms with Crippen molar-refractivity contribution in [2.24, 2.45) is 0 Å². The molecule has 1 aromatic rings. The van der Waals surface area contributed by atoms with E-state index >= 15 is 0 Å². The second-order valence-corrected chi connectivity index (χ2v) is 5.52. The van der Waals surface area contributed by atoms with E-state index in [4.69, 9.17) is 23.2 Å². The molecule has 1 fully saturated rings. The van der Waals surface area contributed by atoms with E-state index in [-0.39, 0.29) is 22.4 Å². The van der Waals surface area contributed by atoms with Crippen molar-refractivity contribution >= 4 is 35.0 Å². The van der Waals surface area contributed by atoms with Crippen molar-refractivity contribution in [1.29, 1.82) is 0 Å². The van der Waals surface area contributed by atoms with Gasteiger partial charge in [0, 0.05) is 17.0 Å². The zero-order valence-electron chi connectivity index (χ0n) is 10.7. The Balaban J connectivity index is 2.10. The van der Waals surface area contributed by atoms with Crippen LogP contribution in [-0.2, 0) is 9.59 Å². The largest absolute Gasteiger partial charge is 0.348 e. The van der Waals surface area contributed by atoms with Gasteiger partial charge in [-0.25, -0.2) is 4.39 Å². The van der Waals surface area contributed by atoms with E-state index < -0.39 is 17.9 Å². The van der Waals surface area contributed by atoms with Gasteiger partial charge in [0.2, 0.25) is 11.8 Å². The van der Waals surface area contributed by atoms with Crippen molar-refractivity contribution in [1.82, 2.24) is 10.6 Å². The molecule has 1 unspecified atom stereocenters. The van der Waals surface area contributed by atoms with Gasteiger partial charge in [-0.15, -0.1) is 0 Å². The number of amides is 2. The summed E-state index contributed by atoms with van der Waals surface area (Å²) in [6.07, 6.45) is 0.764. The monoisotopic (exact) mass is 318 g/mol. The molecule has 20 heavy (non-hydrogen) atoms. The molecule has 0 aromatic heterocycles. The van der Waals surface area contributed by atoms with Crippen LogP contribution in [0.1, 0.15) is 31.4 Å². The average molecular weight is 319 g/mol. The van der Waals surface area contributed by atoms with Crippen LogP contribution in [0.3, 0.4) is 0 Å². The molecule has 2 rings (SSSR count). The molecule has 108 valence electrons. The second kappa shape index (κ2) is 5.97. The van der Waals surface area contributed by atoms with Crippen LogP contribution in [0.25, 0.3) is 0 Å². The van der Waals surface area contributed by atoms with Crippen LogP contribution >= 0.6 is 23.2 Å². The normalized spacial score (nSPS) is 19.6. The first kappa shape index (κ1) is 15.1. The molecule has 0 aliphatic carbocycles. The maximum absolute atomic E-state index is 13.9. The Hall–Kier alpha value is -1.33. The summed E-state index contributed by atoms with van der Waals surface area (Å²) in [7, 11) is 0. The highest BCUT2D eigenvalue weighted by Gasteiger charge is 2.28. The third-order valence-electron chi connectivity index (χ3n) is 3.16. The highest BCUT2D eigenvalue weighted by Crippen LogP contribution is 2.28. The van der Waals surface area contributed by atoms with Crippen LogP contribution in [0.15, 0.2) is 12.1 Å². The number of carbonyl (C=O) groups is 2. The molecule has 0 saturated carbocycles. The molecule has 0 spiro atoms. The fourth-order valence-corrected chi connectivity index (χ4v) is 2.60. The molecule has 1 aliphatic heterocycles. The predicted molar refractivity (Wildman–Crippen MR) is 74.1 cm³/mol. The smallest absolute Gasteiger partial charge is 0.243 e. The lowest BCUT2D eigenvalue weighted by molar-refractivity contribution is -0.126. The highest BCUT2D eigenvalue weighted by atomic mass is 35.5. The molecule has 4 nitrogen and oxygen atoms in total. The first-order valence-corrected chi connectivity index (χ1v) is 6.88. The number of rotatable bonds is 3. The Labute approximate surface area is 125 Å². The molecular weight excluding hydrogens is 306 g/mol. The summed E-state index contributed by atoms with van der Waals surface area (Å²) < 4.78 is 13.9. The minimum Gasteiger partial charge on any atom is -0.348 e. The van der Waals surface area contributed by atoms with Crippen molar-refractivity contribution in [3.05, 3.63) is 33.6 Å². The van der Waals surface area contributed by atoms with E-state index in [2.05, 4.69) is 10.6 Å². The van der Waals surface area contributed by atoms with Crippen molar-refractivity contribution in [2.45, 2.75) is 31.8 Å². The molecule has 1 saturated heterocycles. The van der Waals surface area contributed by atoms with Gasteiger partial charge in [-0.1, -0.05) is 23.2 Å². The van der Waals surface area contributed by atoms with Gasteiger partial charge in [-0.2, -0.15) is 0 Å². The molecular formula is C13H13Cl2FN2O2. The van der Waals surface area contributed by atoms with E-state index in [1.165, 1.54) is 12.1 Å². The lowest BCUT2D eigenvalue weighted by Crippen LogP contribution is -2.42. The zero-order valence-corrected chi connectivity index (χ0v) is 12.2. The van der Waals surface area contributed by atoms with Crippen LogP contribution < -0.4 is 10.6 Å². The van der Waals surface area contributed by atoms with Gasteiger partial charge in [-0.3, -0.25) is 9.59 Å². The Morgan fingerprint density at radius 3 is 2.80 bits per heavy atom. The van der Waals surface area contributed by atoms with Crippen LogP contribution in [0.5, 0.6) is 0 Å². The minimum atomic E-state index is -0.612. The molecule has 2 N–H and O–H groups in total. The van der Waals surface area contributed by atoms with Crippen LogP contribution in [0.4, 0.5) is 4.39 Å². The van der Waals surface area contributed by atoms with Crippen molar-refractivity contribution < 1.29 is 14.0 Å². The summed E-state index contributed by atoms with van der Waals surface area (Å²) in [6.45, 7) is 1.62. The number of carbonyl (C=O) groups excluding carboxylic acids is 2. The first-order valence-electron chi connectivity index (χ1n) is 6.12. The highest BCUT2D eigenvalue weighted by molar-refractivity contribution is 6.34. The molecule has 1 aliphatic rings. The molecule has 7 heteroatoms. The molecule has 2 amide bonds. The zero-order chi connectivity index (χ0) is 14.9. The van der Waals surface area contributed by atoms with Gasteiger partial charge in [0.1, 0.15) is 11.9 Å². The molecule has 0 radical (unpaired) electrons. The fraction of sp³-hybridized carbons (Fsp3) is 0.385. The van der Waals surface area contributed by atoms with Gasteiger partial charge in [-0.05, 0) is 25.5 Å². The van der Waals surface area contributed by atoms with E-state index in [1.807, 2.05) is 0 Å². The second-order valence-electron chi connectivity index (χ2n) is 4.68. The van der Waals surface area contributed by atoms with Crippen LogP contribution in [-0.4, -0.2) is 17.9 Å². The van der Waals surface area contributed by atoms with Crippen molar-refractivity contribution in [3.8, 4) is 0 Å². The number of hydrogen-bond acceptors (Lipinski definition) is 2. The predicted octanol–water partition coefficient (Wildman–Crippen LogP) is 2.59. The Morgan fingerprint density at radius 2 is 2.20 bits per heavy atom. The van der Waals surface area contributed by atoms with Crippen molar-refractivity contribution in [3.63, 3.8) is 0 Å². The number of halogens is 3. The van der Waals surface area contributed by atoms with Gasteiger partial charge >= 0.3 is 0 Å². The summed E-state index contributed by atoms with van der Waals surface area (Å²) in [5.41, 5.74) is 0.208. The lowest BCUT2D eigenvalue weighted by atomic mass is 10.1. The molecule has 1 aromatic carbocycles. The fourth-order valence-electron chi connectivity index (χ4n) is 2.09. The van der Waals surface area contributed by atoms with Gasteiger partial charge in [0.05, 0.1) is 11.1 Å². The Kier molecular flexibility index (Phi) is 4.50. The average Bonchev–Trinajstić information content (AvgIpc) is 2.80. The third kappa shape index (κ3) is 3.22. The summed E-state index contributed by atoms with van der Waals surface area (Å²) >= 11 is 11.5. The van der Waals surface area contributed by atoms with Gasteiger partial charge < -0.3 is 10.6 Å². The number of benzene rings is 1. The van der Waals surface area contributed by atoms with Gasteiger partial charge in [0.15, 0.2) is 0 Å². The quantitative estimate of drug-likeness (QED) is 0.842. The summed E-state index contributed by atoms with van der Waals surface area (Å²) in [5.74, 6) is -1.12. The number of nitrogens with one attached hydrogen (secondary N) is 2. The van der Waals surface area contributed by atoms with E-state index in [0.29, 0.717) is 17.9 Å². The summed E-state index contributed by atoms with van der Waals surface area (Å²) in [6, 6.07) is 1.55. The molecule has 2 atom stereocenters. The number of hydrogen-bond donors (Lipinski definition) is 2. The molecule has 0 bridgehead atoms. The Bertz CT molecular complexity index is 566. The topological polar surface area (TPSA) is 58.2 Å². The van der Waals surface area contributed by atoms with Crippen LogP contribution in [0.2, 0.25) is 10.0 Å². The maximum atomic E-state index is 13.9. The lowest BCUT2D eigenvalue weighted by Gasteiger charge is -2.18. The summed E-state index contributed by atoms with van der Waals surface area (Å²) in [5, 5.41) is 5.39. The van der Waals surface area contributed by atoms with E-state index in [0.717, 1.165) is 0 Å². The Morgan fingerprint density at radius 1 is 1.50 bits per heavy atom. The van der Waals surface area contributed by atoms with Crippen molar-refractivity contribution in [2.75, 3.05) is 0 Å². The van der Waals surface area contributed by atoms with E-state index in [1.54, 1.807) is 6.92 Å². The SMILES string of the molecule is CC(NC(=O)[C@@H]1CCC(=O)N1)c1cc(Cl)cc(Cl)c1F.